The summed E-state index contributed by atoms with van der Waals surface area (Å²) in [5, 5.41) is -0.215. The lowest BCUT2D eigenvalue weighted by molar-refractivity contribution is -0.139. The van der Waals surface area contributed by atoms with Crippen molar-refractivity contribution in [2.75, 3.05) is 0 Å². The topological polar surface area (TPSA) is 141 Å². The van der Waals surface area contributed by atoms with Gasteiger partial charge in [-0.2, -0.15) is 0 Å². The number of rotatable bonds is 0. The molecule has 3 aromatic carbocycles. The van der Waals surface area contributed by atoms with Crippen molar-refractivity contribution in [1.29, 1.82) is 0 Å². The molecular weight excluding hydrogens is 1430 g/mol. The van der Waals surface area contributed by atoms with Crippen LogP contribution in [-0.4, -0.2) is 43.4 Å². The van der Waals surface area contributed by atoms with Gasteiger partial charge in [-0.15, -0.1) is 0 Å². The molecule has 11 nitrogen and oxygen atoms in total. The highest BCUT2D eigenvalue weighted by Crippen LogP contribution is 2.56. The molecule has 0 N–H and O–H groups in total. The minimum absolute atomic E-state index is 0.0156. The van der Waals surface area contributed by atoms with Crippen LogP contribution in [0.25, 0.3) is 0 Å². The van der Waals surface area contributed by atoms with E-state index in [4.69, 9.17) is 223 Å². The normalized spacial score (nSPS) is 21.0. The molecule has 0 saturated carbocycles. The van der Waals surface area contributed by atoms with Crippen LogP contribution >= 0.6 is 241 Å². The molecule has 374 valence electrons. The second-order valence-electron chi connectivity index (χ2n) is 13.1. The zero-order chi connectivity index (χ0) is 52.8. The average molecular weight is 1450 g/mol. The van der Waals surface area contributed by atoms with Gasteiger partial charge in [0, 0.05) is 33.9 Å². The van der Waals surface area contributed by atoms with Crippen LogP contribution in [-0.2, 0) is 60.9 Å². The van der Waals surface area contributed by atoms with Crippen molar-refractivity contribution < 1.29 is 52.4 Å². The Labute approximate surface area is 496 Å². The number of ether oxygens (including phenoxy) is 6. The Kier molecular flexibility index (Phi) is 20.9. The van der Waals surface area contributed by atoms with E-state index in [1.54, 1.807) is 62.4 Å². The van der Waals surface area contributed by atoms with Crippen LogP contribution in [0.4, 0.5) is 0 Å². The molecule has 31 heteroatoms. The Bertz CT molecular complexity index is 2640. The van der Waals surface area contributed by atoms with Gasteiger partial charge in [0.25, 0.3) is 22.6 Å². The lowest BCUT2D eigenvalue weighted by atomic mass is 10.1. The second-order valence-corrected chi connectivity index (χ2v) is 25.0. The third kappa shape index (κ3) is 14.7. The van der Waals surface area contributed by atoms with E-state index in [0.29, 0.717) is 37.9 Å². The van der Waals surface area contributed by atoms with Gasteiger partial charge in [-0.1, -0.05) is 251 Å². The predicted octanol–water partition coefficient (Wildman–Crippen LogP) is 17.3. The van der Waals surface area contributed by atoms with Crippen molar-refractivity contribution in [1.82, 2.24) is 0 Å². The molecule has 3 aromatic rings. The number of benzene rings is 3. The molecule has 0 radical (unpaired) electrons. The number of halogens is 20. The van der Waals surface area contributed by atoms with Gasteiger partial charge in [-0.3, -0.25) is 0 Å². The van der Waals surface area contributed by atoms with Gasteiger partial charge < -0.3 is 28.4 Å². The summed E-state index contributed by atoms with van der Waals surface area (Å²) in [5.41, 5.74) is 3.13. The van der Waals surface area contributed by atoms with Crippen LogP contribution in [0.1, 0.15) is 56.8 Å². The molecule has 0 saturated heterocycles. The number of fused-ring (bicyclic) bond motifs is 3. The van der Waals surface area contributed by atoms with Gasteiger partial charge in [-0.25, -0.2) is 24.0 Å². The molecule has 0 amide bonds. The first-order chi connectivity index (χ1) is 31.3. The third-order valence-electron chi connectivity index (χ3n) is 8.50. The predicted molar refractivity (Wildman–Crippen MR) is 279 cm³/mol. The fourth-order valence-electron chi connectivity index (χ4n) is 5.15. The highest BCUT2D eigenvalue weighted by Gasteiger charge is 2.51. The number of alkyl halides is 14. The second kappa shape index (κ2) is 23.3. The molecule has 0 fully saturated rings. The van der Waals surface area contributed by atoms with Gasteiger partial charge in [-0.05, 0) is 57.8 Å². The first kappa shape index (κ1) is 61.9. The maximum Gasteiger partial charge on any atom is 0.349 e. The summed E-state index contributed by atoms with van der Waals surface area (Å²) in [4.78, 5) is 54.2. The number of carbonyl (C=O) groups excluding carboxylic acids is 5. The Balaban J connectivity index is 0.000000183. The molecule has 0 aromatic heterocycles. The monoisotopic (exact) mass is 1440 g/mol. The fraction of sp³-hybridized carbons (Fsp3) is 0.237. The maximum absolute atomic E-state index is 11.5. The lowest BCUT2D eigenvalue weighted by Gasteiger charge is -2.16. The Morgan fingerprint density at radius 3 is 1.26 bits per heavy atom. The molecule has 0 bridgehead atoms. The van der Waals surface area contributed by atoms with Gasteiger partial charge in [0.15, 0.2) is 0 Å². The average Bonchev–Trinajstić information content (AvgIpc) is 3.94. The van der Waals surface area contributed by atoms with E-state index in [-0.39, 0.29) is 35.7 Å². The molecule has 6 heterocycles. The van der Waals surface area contributed by atoms with E-state index in [1.807, 2.05) is 0 Å². The fourth-order valence-corrected chi connectivity index (χ4v) is 10.4. The molecule has 0 atom stereocenters. The van der Waals surface area contributed by atoms with Crippen molar-refractivity contribution in [2.45, 2.75) is 45.5 Å². The molecule has 6 aliphatic rings. The maximum atomic E-state index is 11.5. The van der Waals surface area contributed by atoms with Gasteiger partial charge in [0.05, 0.1) is 41.3 Å². The van der Waals surface area contributed by atoms with E-state index >= 15 is 0 Å². The van der Waals surface area contributed by atoms with Crippen molar-refractivity contribution in [2.24, 2.45) is 0 Å². The number of hydrogen-bond donors (Lipinski definition) is 0. The zero-order valence-corrected chi connectivity index (χ0v) is 49.6. The smallest absolute Gasteiger partial charge is 0.349 e. The summed E-state index contributed by atoms with van der Waals surface area (Å²) in [5.74, 6) is -2.80. The van der Waals surface area contributed by atoms with Crippen molar-refractivity contribution in [3.63, 3.8) is 0 Å². The third-order valence-corrected chi connectivity index (χ3v) is 16.8. The van der Waals surface area contributed by atoms with Crippen LogP contribution in [0.3, 0.4) is 0 Å². The van der Waals surface area contributed by atoms with Crippen LogP contribution in [0.5, 0.6) is 0 Å². The Morgan fingerprint density at radius 2 is 0.913 bits per heavy atom. The number of cyclic esters (lactones) is 5. The highest BCUT2D eigenvalue weighted by molar-refractivity contribution is 9.14. The zero-order valence-electron chi connectivity index (χ0n) is 32.8. The molecule has 0 aliphatic carbocycles. The summed E-state index contributed by atoms with van der Waals surface area (Å²) in [6.45, 7) is 3.30. The first-order valence-electron chi connectivity index (χ1n) is 17.3. The highest BCUT2D eigenvalue weighted by atomic mass is 79.9. The van der Waals surface area contributed by atoms with Crippen LogP contribution in [0.15, 0.2) is 80.8 Å². The summed E-state index contributed by atoms with van der Waals surface area (Å²) in [6, 6.07) is 13.8. The summed E-state index contributed by atoms with van der Waals surface area (Å²) in [6.07, 6.45) is 2.46. The molecule has 6 aliphatic heterocycles. The lowest BCUT2D eigenvalue weighted by Crippen LogP contribution is -2.14. The molecule has 0 spiro atoms. The quantitative estimate of drug-likeness (QED) is 0.0698. The van der Waals surface area contributed by atoms with Gasteiger partial charge in [0.2, 0.25) is 9.04 Å². The van der Waals surface area contributed by atoms with Crippen molar-refractivity contribution in [3.05, 3.63) is 134 Å². The van der Waals surface area contributed by atoms with E-state index in [1.165, 1.54) is 12.2 Å². The van der Waals surface area contributed by atoms with E-state index in [9.17, 15) is 24.0 Å². The largest absolute Gasteiger partial charge is 0.422 e. The molecule has 69 heavy (non-hydrogen) atoms. The Hall–Kier alpha value is 0.370. The number of esters is 5. The van der Waals surface area contributed by atoms with Crippen LogP contribution in [0, 0.1) is 0 Å². The molecular formula is C38H16Br2Cl18O11. The van der Waals surface area contributed by atoms with Crippen LogP contribution in [0.2, 0.25) is 20.1 Å². The summed E-state index contributed by atoms with van der Waals surface area (Å²) < 4.78 is 17.7. The summed E-state index contributed by atoms with van der Waals surface area (Å²) in [7, 11) is 0. The molecule has 9 rings (SSSR count). The first-order valence-corrected chi connectivity index (χ1v) is 25.7. The molecule has 0 unspecified atom stereocenters. The van der Waals surface area contributed by atoms with Crippen molar-refractivity contribution in [3.8, 4) is 0 Å². The number of carbonyl (C=O) groups is 5. The van der Waals surface area contributed by atoms with Crippen LogP contribution < -0.4 is 0 Å². The minimum atomic E-state index is -1.90. The standard InChI is InChI=1S/C8Cl6O2.C8H4Cl4O.C8H4Cl2O2.C6H6Cl2O2.C4Br2Cl2O2.C4H2Cl2O2/c9-3-1-2(4(10)6(12)5(3)11)8(13,14)16-7(1)15;9-7(10)5-3-1-2-4-6(5)8(11,12)13-7;9-8(10)6-4-2-1-3-5(6)7(11)12-8;1-3-4(2)6(7,8)10-5(3)9;5-1-2(6)4(7,8)10-3(1)9;5-4(6)2-1-3(7)8-4/h;1-4H;1-4H;1-2H3;;1-2H. The number of hydrogen-bond acceptors (Lipinski definition) is 11. The summed E-state index contributed by atoms with van der Waals surface area (Å²) >= 11 is 108. The van der Waals surface area contributed by atoms with Gasteiger partial charge >= 0.3 is 29.8 Å². The van der Waals surface area contributed by atoms with E-state index in [0.717, 1.165) is 0 Å². The van der Waals surface area contributed by atoms with Gasteiger partial charge in [0.1, 0.15) is 4.48 Å². The van der Waals surface area contributed by atoms with E-state index < -0.39 is 61.5 Å². The minimum Gasteiger partial charge on any atom is -0.422 e. The van der Waals surface area contributed by atoms with Crippen molar-refractivity contribution >= 4 is 271 Å². The SMILES string of the molecule is CC1=C(C)C(Cl)(Cl)OC1=O.ClC1(Cl)OC(Cl)(Cl)c2ccccc21.O=C1C=CC(Cl)(Cl)O1.O=C1OC(Cl)(Cl)C(Br)=C1Br.O=C1OC(Cl)(Cl)c2c(Cl)c(Cl)c(Cl)c(Cl)c21.O=C1OC(Cl)(Cl)c2ccccc21. The Morgan fingerprint density at radius 1 is 0.464 bits per heavy atom. The van der Waals surface area contributed by atoms with E-state index in [2.05, 4.69) is 46.1 Å².